The fourth-order valence-corrected chi connectivity index (χ4v) is 4.06. The molecule has 1 N–H and O–H groups in total. The number of rotatable bonds is 6. The molecule has 2 aromatic rings. The maximum absolute atomic E-state index is 12.9. The van der Waals surface area contributed by atoms with Crippen molar-refractivity contribution < 1.29 is 22.3 Å². The molecule has 0 radical (unpaired) electrons. The number of ether oxygens (including phenoxy) is 1. The summed E-state index contributed by atoms with van der Waals surface area (Å²) < 4.78 is 45.6. The summed E-state index contributed by atoms with van der Waals surface area (Å²) >= 11 is 0. The zero-order valence-corrected chi connectivity index (χ0v) is 16.3. The number of benzene rings is 2. The summed E-state index contributed by atoms with van der Waals surface area (Å²) in [6.45, 7) is 1.45. The van der Waals surface area contributed by atoms with Crippen molar-refractivity contribution in [3.05, 3.63) is 54.3 Å². The van der Waals surface area contributed by atoms with Crippen LogP contribution >= 0.6 is 0 Å². The van der Waals surface area contributed by atoms with Crippen LogP contribution in [0.3, 0.4) is 0 Å². The Kier molecular flexibility index (Phi) is 6.51. The van der Waals surface area contributed by atoms with Crippen molar-refractivity contribution in [3.8, 4) is 5.75 Å². The molecule has 150 valence electrons. The molecule has 0 saturated carbocycles. The Labute approximate surface area is 164 Å². The molecule has 1 saturated heterocycles. The van der Waals surface area contributed by atoms with E-state index in [1.807, 2.05) is 4.90 Å². The number of hydrogen-bond acceptors (Lipinski definition) is 4. The third-order valence-electron chi connectivity index (χ3n) is 4.55. The summed E-state index contributed by atoms with van der Waals surface area (Å²) in [5.41, 5.74) is 0.268. The van der Waals surface area contributed by atoms with Gasteiger partial charge in [-0.3, -0.25) is 9.52 Å². The molecule has 3 rings (SSSR count). The second-order valence-corrected chi connectivity index (χ2v) is 8.35. The average Bonchev–Trinajstić information content (AvgIpc) is 2.98. The van der Waals surface area contributed by atoms with Crippen molar-refractivity contribution in [3.63, 3.8) is 0 Å². The fraction of sp³-hybridized carbons (Fsp3) is 0.350. The normalized spacial score (nSPS) is 15.0. The van der Waals surface area contributed by atoms with Crippen molar-refractivity contribution >= 4 is 21.6 Å². The van der Waals surface area contributed by atoms with Crippen LogP contribution in [-0.4, -0.2) is 38.9 Å². The maximum Gasteiger partial charge on any atom is 0.261 e. The van der Waals surface area contributed by atoms with E-state index in [0.29, 0.717) is 5.75 Å². The molecule has 0 aliphatic carbocycles. The van der Waals surface area contributed by atoms with Gasteiger partial charge in [0.05, 0.1) is 4.90 Å². The third kappa shape index (κ3) is 5.45. The maximum atomic E-state index is 12.9. The van der Waals surface area contributed by atoms with Crippen molar-refractivity contribution in [2.75, 3.05) is 24.4 Å². The van der Waals surface area contributed by atoms with E-state index >= 15 is 0 Å². The summed E-state index contributed by atoms with van der Waals surface area (Å²) in [7, 11) is -3.80. The standard InChI is InChI=1S/C20H23FN2O4S/c21-16-5-7-17(8-6-16)22-28(25,26)19-11-9-18(10-12-19)27-15-20(24)23-13-3-1-2-4-14-23/h5-12,22H,1-4,13-15H2. The molecule has 0 bridgehead atoms. The SMILES string of the molecule is O=C(COc1ccc(S(=O)(=O)Nc2ccc(F)cc2)cc1)N1CCCCCC1. The smallest absolute Gasteiger partial charge is 0.261 e. The molecule has 0 aromatic heterocycles. The van der Waals surface area contributed by atoms with Gasteiger partial charge >= 0.3 is 0 Å². The zero-order valence-electron chi connectivity index (χ0n) is 15.4. The Bertz CT molecular complexity index is 891. The molecule has 0 spiro atoms. The van der Waals surface area contributed by atoms with E-state index in [0.717, 1.165) is 38.8 Å². The number of amides is 1. The van der Waals surface area contributed by atoms with Crippen LogP contribution in [0.15, 0.2) is 53.4 Å². The monoisotopic (exact) mass is 406 g/mol. The van der Waals surface area contributed by atoms with Gasteiger partial charge in [-0.05, 0) is 61.4 Å². The van der Waals surface area contributed by atoms with Gasteiger partial charge in [-0.2, -0.15) is 0 Å². The Hall–Kier alpha value is -2.61. The number of nitrogens with zero attached hydrogens (tertiary/aromatic N) is 1. The highest BCUT2D eigenvalue weighted by Crippen LogP contribution is 2.20. The van der Waals surface area contributed by atoms with Gasteiger partial charge in [0.2, 0.25) is 0 Å². The second kappa shape index (κ2) is 9.05. The number of carbonyl (C=O) groups excluding carboxylic acids is 1. The lowest BCUT2D eigenvalue weighted by Crippen LogP contribution is -2.35. The van der Waals surface area contributed by atoms with E-state index in [4.69, 9.17) is 4.74 Å². The highest BCUT2D eigenvalue weighted by Gasteiger charge is 2.17. The fourth-order valence-electron chi connectivity index (χ4n) is 3.00. The lowest BCUT2D eigenvalue weighted by atomic mass is 10.2. The first kappa shape index (κ1) is 20.1. The van der Waals surface area contributed by atoms with E-state index < -0.39 is 15.8 Å². The predicted molar refractivity (Wildman–Crippen MR) is 104 cm³/mol. The number of hydrogen-bond donors (Lipinski definition) is 1. The molecule has 1 aliphatic rings. The molecule has 1 aliphatic heterocycles. The van der Waals surface area contributed by atoms with Crippen LogP contribution in [-0.2, 0) is 14.8 Å². The number of sulfonamides is 1. The largest absolute Gasteiger partial charge is 0.484 e. The summed E-state index contributed by atoms with van der Waals surface area (Å²) in [4.78, 5) is 14.1. The molecule has 1 fully saturated rings. The van der Waals surface area contributed by atoms with Gasteiger partial charge in [-0.15, -0.1) is 0 Å². The molecule has 0 unspecified atom stereocenters. The van der Waals surface area contributed by atoms with Gasteiger partial charge in [0.15, 0.2) is 6.61 Å². The van der Waals surface area contributed by atoms with Gasteiger partial charge in [-0.25, -0.2) is 12.8 Å². The van der Waals surface area contributed by atoms with Crippen LogP contribution in [0.2, 0.25) is 0 Å². The number of likely N-dealkylation sites (tertiary alicyclic amines) is 1. The first-order valence-electron chi connectivity index (χ1n) is 9.23. The summed E-state index contributed by atoms with van der Waals surface area (Å²) in [5.74, 6) is -0.0837. The van der Waals surface area contributed by atoms with Crippen LogP contribution in [0.25, 0.3) is 0 Å². The summed E-state index contributed by atoms with van der Waals surface area (Å²) in [5, 5.41) is 0. The minimum Gasteiger partial charge on any atom is -0.484 e. The van der Waals surface area contributed by atoms with Gasteiger partial charge in [0.25, 0.3) is 15.9 Å². The first-order chi connectivity index (χ1) is 13.4. The highest BCUT2D eigenvalue weighted by atomic mass is 32.2. The zero-order chi connectivity index (χ0) is 20.0. The van der Waals surface area contributed by atoms with E-state index in [2.05, 4.69) is 4.72 Å². The Morgan fingerprint density at radius 3 is 2.18 bits per heavy atom. The average molecular weight is 406 g/mol. The topological polar surface area (TPSA) is 75.7 Å². The number of nitrogens with one attached hydrogen (secondary N) is 1. The van der Waals surface area contributed by atoms with Crippen LogP contribution in [0.5, 0.6) is 5.75 Å². The molecule has 0 atom stereocenters. The van der Waals surface area contributed by atoms with Crippen molar-refractivity contribution in [1.82, 2.24) is 4.90 Å². The summed E-state index contributed by atoms with van der Waals surface area (Å²) in [6, 6.07) is 10.9. The molecular formula is C20H23FN2O4S. The second-order valence-electron chi connectivity index (χ2n) is 6.67. The highest BCUT2D eigenvalue weighted by molar-refractivity contribution is 7.92. The quantitative estimate of drug-likeness (QED) is 0.798. The van der Waals surface area contributed by atoms with Crippen LogP contribution in [0.4, 0.5) is 10.1 Å². The van der Waals surface area contributed by atoms with E-state index in [1.165, 1.54) is 48.5 Å². The van der Waals surface area contributed by atoms with Crippen LogP contribution in [0, 0.1) is 5.82 Å². The molecule has 28 heavy (non-hydrogen) atoms. The van der Waals surface area contributed by atoms with E-state index in [1.54, 1.807) is 0 Å². The Morgan fingerprint density at radius 1 is 0.964 bits per heavy atom. The van der Waals surface area contributed by atoms with Gasteiger partial charge in [0.1, 0.15) is 11.6 Å². The molecule has 6 nitrogen and oxygen atoms in total. The van der Waals surface area contributed by atoms with Crippen molar-refractivity contribution in [2.45, 2.75) is 30.6 Å². The Morgan fingerprint density at radius 2 is 1.57 bits per heavy atom. The van der Waals surface area contributed by atoms with Gasteiger partial charge in [0, 0.05) is 18.8 Å². The van der Waals surface area contributed by atoms with E-state index in [9.17, 15) is 17.6 Å². The minimum absolute atomic E-state index is 0.0445. The third-order valence-corrected chi connectivity index (χ3v) is 5.95. The van der Waals surface area contributed by atoms with Gasteiger partial charge in [-0.1, -0.05) is 12.8 Å². The van der Waals surface area contributed by atoms with E-state index in [-0.39, 0.29) is 23.1 Å². The number of anilines is 1. The number of carbonyl (C=O) groups is 1. The molecule has 1 amide bonds. The number of halogens is 1. The first-order valence-corrected chi connectivity index (χ1v) is 10.7. The van der Waals surface area contributed by atoms with Crippen molar-refractivity contribution in [2.24, 2.45) is 0 Å². The summed E-state index contributed by atoms with van der Waals surface area (Å²) in [6.07, 6.45) is 4.32. The molecular weight excluding hydrogens is 383 g/mol. The molecule has 2 aromatic carbocycles. The lowest BCUT2D eigenvalue weighted by Gasteiger charge is -2.20. The lowest BCUT2D eigenvalue weighted by molar-refractivity contribution is -0.133. The molecule has 1 heterocycles. The van der Waals surface area contributed by atoms with Crippen LogP contribution < -0.4 is 9.46 Å². The minimum atomic E-state index is -3.80. The Balaban J connectivity index is 1.57. The van der Waals surface area contributed by atoms with Gasteiger partial charge < -0.3 is 9.64 Å². The molecule has 8 heteroatoms. The predicted octanol–water partition coefficient (Wildman–Crippen LogP) is 3.41. The van der Waals surface area contributed by atoms with Crippen LogP contribution in [0.1, 0.15) is 25.7 Å². The van der Waals surface area contributed by atoms with Crippen molar-refractivity contribution in [1.29, 1.82) is 0 Å².